The number of benzene rings is 1. The number of rotatable bonds is 6. The number of nitrogens with one attached hydrogen (secondary N) is 1. The fourth-order valence-electron chi connectivity index (χ4n) is 2.68. The number of carbonyl (C=O) groups is 1. The molecular weight excluding hydrogens is 294 g/mol. The summed E-state index contributed by atoms with van der Waals surface area (Å²) in [5.41, 5.74) is 1.46. The monoisotopic (exact) mass is 315 g/mol. The van der Waals surface area contributed by atoms with E-state index in [9.17, 15) is 4.79 Å². The topological polar surface area (TPSA) is 60.7 Å². The van der Waals surface area contributed by atoms with Crippen molar-refractivity contribution < 1.29 is 18.7 Å². The van der Waals surface area contributed by atoms with Crippen LogP contribution in [0, 0.1) is 0 Å². The van der Waals surface area contributed by atoms with Crippen molar-refractivity contribution in [2.24, 2.45) is 0 Å². The first-order valence-electron chi connectivity index (χ1n) is 7.86. The summed E-state index contributed by atoms with van der Waals surface area (Å²) in [6.45, 7) is 2.41. The molecule has 1 aromatic heterocycles. The van der Waals surface area contributed by atoms with Crippen LogP contribution < -0.4 is 5.32 Å². The highest BCUT2D eigenvalue weighted by molar-refractivity contribution is 5.89. The molecular formula is C18H21NO4. The Balaban J connectivity index is 1.56. The normalized spacial score (nSPS) is 17.3. The molecule has 1 fully saturated rings. The molecule has 122 valence electrons. The van der Waals surface area contributed by atoms with Gasteiger partial charge < -0.3 is 19.2 Å². The van der Waals surface area contributed by atoms with Gasteiger partial charge in [-0.3, -0.25) is 0 Å². The van der Waals surface area contributed by atoms with Gasteiger partial charge in [-0.1, -0.05) is 12.1 Å². The smallest absolute Gasteiger partial charge is 0.337 e. The lowest BCUT2D eigenvalue weighted by Crippen LogP contribution is -2.25. The van der Waals surface area contributed by atoms with Crippen LogP contribution in [0.5, 0.6) is 0 Å². The minimum Gasteiger partial charge on any atom is -0.465 e. The van der Waals surface area contributed by atoms with E-state index < -0.39 is 0 Å². The van der Waals surface area contributed by atoms with Crippen LogP contribution >= 0.6 is 0 Å². The van der Waals surface area contributed by atoms with Crippen molar-refractivity contribution in [3.8, 4) is 11.3 Å². The average Bonchev–Trinajstić information content (AvgIpc) is 3.26. The molecule has 3 rings (SSSR count). The Morgan fingerprint density at radius 1 is 1.26 bits per heavy atom. The number of esters is 1. The number of carbonyl (C=O) groups excluding carboxylic acids is 1. The van der Waals surface area contributed by atoms with Crippen LogP contribution in [0.2, 0.25) is 0 Å². The summed E-state index contributed by atoms with van der Waals surface area (Å²) >= 11 is 0. The van der Waals surface area contributed by atoms with Gasteiger partial charge in [0.05, 0.1) is 25.3 Å². The predicted molar refractivity (Wildman–Crippen MR) is 86.2 cm³/mol. The van der Waals surface area contributed by atoms with Crippen molar-refractivity contribution in [1.29, 1.82) is 0 Å². The number of methoxy groups -OCH3 is 1. The molecule has 5 heteroatoms. The van der Waals surface area contributed by atoms with Gasteiger partial charge in [-0.25, -0.2) is 4.79 Å². The summed E-state index contributed by atoms with van der Waals surface area (Å²) in [7, 11) is 1.37. The van der Waals surface area contributed by atoms with E-state index in [1.165, 1.54) is 7.11 Å². The number of ether oxygens (including phenoxy) is 2. The van der Waals surface area contributed by atoms with Crippen LogP contribution in [0.3, 0.4) is 0 Å². The zero-order chi connectivity index (χ0) is 16.1. The molecule has 5 nitrogen and oxygen atoms in total. The lowest BCUT2D eigenvalue weighted by atomic mass is 10.1. The Morgan fingerprint density at radius 3 is 2.78 bits per heavy atom. The van der Waals surface area contributed by atoms with Gasteiger partial charge >= 0.3 is 5.97 Å². The SMILES string of the molecule is COC(=O)c1ccc(-c2ccc(CNC[C@@H]3CCCO3)o2)cc1. The zero-order valence-electron chi connectivity index (χ0n) is 13.2. The van der Waals surface area contributed by atoms with Crippen LogP contribution in [0.1, 0.15) is 29.0 Å². The number of hydrogen-bond acceptors (Lipinski definition) is 5. The summed E-state index contributed by atoms with van der Waals surface area (Å²) < 4.78 is 16.1. The van der Waals surface area contributed by atoms with Crippen LogP contribution in [0.15, 0.2) is 40.8 Å². The second kappa shape index (κ2) is 7.44. The second-order valence-corrected chi connectivity index (χ2v) is 5.60. The van der Waals surface area contributed by atoms with Crippen molar-refractivity contribution in [1.82, 2.24) is 5.32 Å². The van der Waals surface area contributed by atoms with Crippen molar-refractivity contribution in [2.75, 3.05) is 20.3 Å². The number of furan rings is 1. The first-order valence-corrected chi connectivity index (χ1v) is 7.86. The van der Waals surface area contributed by atoms with Crippen molar-refractivity contribution in [3.05, 3.63) is 47.7 Å². The molecule has 1 atom stereocenters. The Kier molecular flexibility index (Phi) is 5.10. The number of hydrogen-bond donors (Lipinski definition) is 1. The third-order valence-corrected chi connectivity index (χ3v) is 3.95. The Labute approximate surface area is 135 Å². The van der Waals surface area contributed by atoms with Gasteiger partial charge in [0.15, 0.2) is 0 Å². The zero-order valence-corrected chi connectivity index (χ0v) is 13.2. The van der Waals surface area contributed by atoms with Crippen LogP contribution in [0.25, 0.3) is 11.3 Å². The highest BCUT2D eigenvalue weighted by Gasteiger charge is 2.15. The Morgan fingerprint density at radius 2 is 2.09 bits per heavy atom. The third kappa shape index (κ3) is 4.00. The molecule has 1 saturated heterocycles. The fraction of sp³-hybridized carbons (Fsp3) is 0.389. The van der Waals surface area contributed by atoms with Crippen LogP contribution in [0.4, 0.5) is 0 Å². The van der Waals surface area contributed by atoms with Gasteiger partial charge in [0, 0.05) is 18.7 Å². The van der Waals surface area contributed by atoms with Crippen LogP contribution in [-0.2, 0) is 16.0 Å². The maximum absolute atomic E-state index is 11.4. The maximum atomic E-state index is 11.4. The molecule has 0 spiro atoms. The summed E-state index contributed by atoms with van der Waals surface area (Å²) in [6, 6.07) is 11.1. The highest BCUT2D eigenvalue weighted by Crippen LogP contribution is 2.23. The minimum absolute atomic E-state index is 0.329. The average molecular weight is 315 g/mol. The minimum atomic E-state index is -0.338. The van der Waals surface area contributed by atoms with E-state index in [2.05, 4.69) is 5.32 Å². The van der Waals surface area contributed by atoms with Gasteiger partial charge in [0.1, 0.15) is 11.5 Å². The molecule has 1 aliphatic rings. The Bertz CT molecular complexity index is 641. The second-order valence-electron chi connectivity index (χ2n) is 5.60. The third-order valence-electron chi connectivity index (χ3n) is 3.95. The van der Waals surface area contributed by atoms with Crippen molar-refractivity contribution in [2.45, 2.75) is 25.5 Å². The summed E-state index contributed by atoms with van der Waals surface area (Å²) in [5, 5.41) is 3.36. The molecule has 1 aromatic carbocycles. The quantitative estimate of drug-likeness (QED) is 0.830. The molecule has 0 unspecified atom stereocenters. The summed E-state index contributed by atoms with van der Waals surface area (Å²) in [4.78, 5) is 11.4. The van der Waals surface area contributed by atoms with Gasteiger partial charge in [0.25, 0.3) is 0 Å². The molecule has 1 aliphatic heterocycles. The van der Waals surface area contributed by atoms with E-state index in [-0.39, 0.29) is 5.97 Å². The molecule has 0 bridgehead atoms. The fourth-order valence-corrected chi connectivity index (χ4v) is 2.68. The Hall–Kier alpha value is -2.11. The first-order chi connectivity index (χ1) is 11.3. The summed E-state index contributed by atoms with van der Waals surface area (Å²) in [5.74, 6) is 1.33. The van der Waals surface area contributed by atoms with E-state index >= 15 is 0 Å². The molecule has 23 heavy (non-hydrogen) atoms. The lowest BCUT2D eigenvalue weighted by molar-refractivity contribution is 0.0600. The molecule has 2 aromatic rings. The van der Waals surface area contributed by atoms with E-state index in [1.807, 2.05) is 24.3 Å². The molecule has 0 aliphatic carbocycles. The molecule has 0 saturated carbocycles. The van der Waals surface area contributed by atoms with Gasteiger partial charge in [0.2, 0.25) is 0 Å². The molecule has 0 radical (unpaired) electrons. The molecule has 0 amide bonds. The van der Waals surface area contributed by atoms with Crippen LogP contribution in [-0.4, -0.2) is 32.3 Å². The maximum Gasteiger partial charge on any atom is 0.337 e. The van der Waals surface area contributed by atoms with Crippen molar-refractivity contribution in [3.63, 3.8) is 0 Å². The van der Waals surface area contributed by atoms with Crippen molar-refractivity contribution >= 4 is 5.97 Å². The largest absolute Gasteiger partial charge is 0.465 e. The molecule has 1 N–H and O–H groups in total. The first kappa shape index (κ1) is 15.8. The summed E-state index contributed by atoms with van der Waals surface area (Å²) in [6.07, 6.45) is 2.61. The lowest BCUT2D eigenvalue weighted by Gasteiger charge is -2.09. The standard InChI is InChI=1S/C18H21NO4/c1-21-18(20)14-6-4-13(5-7-14)17-9-8-16(23-17)12-19-11-15-3-2-10-22-15/h4-9,15,19H,2-3,10-12H2,1H3/t15-/m0/s1. The van der Waals surface area contributed by atoms with E-state index in [0.29, 0.717) is 18.2 Å². The highest BCUT2D eigenvalue weighted by atomic mass is 16.5. The molecule has 2 heterocycles. The van der Waals surface area contributed by atoms with E-state index in [1.54, 1.807) is 12.1 Å². The van der Waals surface area contributed by atoms with Gasteiger partial charge in [-0.15, -0.1) is 0 Å². The van der Waals surface area contributed by atoms with Gasteiger partial charge in [-0.05, 0) is 37.1 Å². The van der Waals surface area contributed by atoms with Gasteiger partial charge in [-0.2, -0.15) is 0 Å². The van der Waals surface area contributed by atoms with E-state index in [4.69, 9.17) is 13.9 Å². The van der Waals surface area contributed by atoms with E-state index in [0.717, 1.165) is 43.1 Å². The predicted octanol–water partition coefficient (Wildman–Crippen LogP) is 3.00.